The first-order chi connectivity index (χ1) is 8.85. The van der Waals surface area contributed by atoms with Crippen LogP contribution >= 0.6 is 11.3 Å². The van der Waals surface area contributed by atoms with Crippen molar-refractivity contribution in [2.24, 2.45) is 11.8 Å². The summed E-state index contributed by atoms with van der Waals surface area (Å²) in [7, 11) is 2.13. The number of amides is 1. The SMILES string of the molecule is Cc1sc(C(=O)NN)cc1CN(C)C(C)CC(C)C. The minimum Gasteiger partial charge on any atom is -0.299 e. The Hall–Kier alpha value is -0.910. The van der Waals surface area contributed by atoms with Crippen LogP contribution in [0.2, 0.25) is 0 Å². The molecule has 0 aliphatic rings. The number of nitrogen functional groups attached to an aromatic ring is 1. The summed E-state index contributed by atoms with van der Waals surface area (Å²) in [6.45, 7) is 9.64. The van der Waals surface area contributed by atoms with Gasteiger partial charge in [0.2, 0.25) is 0 Å². The number of nitrogens with zero attached hydrogens (tertiary/aromatic N) is 1. The van der Waals surface area contributed by atoms with Gasteiger partial charge in [0.15, 0.2) is 0 Å². The molecule has 1 unspecified atom stereocenters. The van der Waals surface area contributed by atoms with Gasteiger partial charge in [0, 0.05) is 17.5 Å². The van der Waals surface area contributed by atoms with Gasteiger partial charge in [-0.15, -0.1) is 11.3 Å². The third-order valence-electron chi connectivity index (χ3n) is 3.36. The highest BCUT2D eigenvalue weighted by atomic mass is 32.1. The lowest BCUT2D eigenvalue weighted by Gasteiger charge is -2.26. The maximum Gasteiger partial charge on any atom is 0.275 e. The van der Waals surface area contributed by atoms with Crippen LogP contribution in [0.1, 0.15) is 47.3 Å². The van der Waals surface area contributed by atoms with Gasteiger partial charge >= 0.3 is 0 Å². The molecule has 0 saturated heterocycles. The molecule has 19 heavy (non-hydrogen) atoms. The second-order valence-corrected chi connectivity index (χ2v) is 6.82. The molecule has 0 aromatic carbocycles. The summed E-state index contributed by atoms with van der Waals surface area (Å²) < 4.78 is 0. The summed E-state index contributed by atoms with van der Waals surface area (Å²) in [5.74, 6) is 5.65. The van der Waals surface area contributed by atoms with Crippen molar-refractivity contribution in [1.82, 2.24) is 10.3 Å². The Balaban J connectivity index is 2.71. The van der Waals surface area contributed by atoms with Gasteiger partial charge in [-0.1, -0.05) is 13.8 Å². The molecule has 108 valence electrons. The van der Waals surface area contributed by atoms with Gasteiger partial charge in [-0.3, -0.25) is 15.1 Å². The van der Waals surface area contributed by atoms with E-state index in [1.165, 1.54) is 28.2 Å². The van der Waals surface area contributed by atoms with E-state index in [0.29, 0.717) is 16.8 Å². The molecule has 0 aliphatic carbocycles. The molecule has 0 bridgehead atoms. The number of carbonyl (C=O) groups is 1. The van der Waals surface area contributed by atoms with Crippen LogP contribution in [0.15, 0.2) is 6.07 Å². The van der Waals surface area contributed by atoms with E-state index in [-0.39, 0.29) is 5.91 Å². The number of hydrogen-bond acceptors (Lipinski definition) is 4. The number of hydrazine groups is 1. The van der Waals surface area contributed by atoms with E-state index in [2.05, 4.69) is 38.1 Å². The van der Waals surface area contributed by atoms with Crippen LogP contribution in [0.5, 0.6) is 0 Å². The first kappa shape index (κ1) is 16.1. The molecule has 5 heteroatoms. The van der Waals surface area contributed by atoms with Crippen LogP contribution in [-0.2, 0) is 6.54 Å². The Labute approximate surface area is 120 Å². The molecule has 0 saturated carbocycles. The van der Waals surface area contributed by atoms with Crippen LogP contribution in [-0.4, -0.2) is 23.9 Å². The summed E-state index contributed by atoms with van der Waals surface area (Å²) in [6, 6.07) is 2.48. The van der Waals surface area contributed by atoms with Crippen molar-refractivity contribution in [3.8, 4) is 0 Å². The quantitative estimate of drug-likeness (QED) is 0.479. The van der Waals surface area contributed by atoms with Gasteiger partial charge in [-0.25, -0.2) is 5.84 Å². The number of nitrogens with one attached hydrogen (secondary N) is 1. The summed E-state index contributed by atoms with van der Waals surface area (Å²) >= 11 is 1.50. The molecule has 0 aliphatic heterocycles. The van der Waals surface area contributed by atoms with Crippen LogP contribution in [0.3, 0.4) is 0 Å². The van der Waals surface area contributed by atoms with Crippen LogP contribution in [0.25, 0.3) is 0 Å². The number of carbonyl (C=O) groups excluding carboxylic acids is 1. The number of hydrogen-bond donors (Lipinski definition) is 2. The zero-order chi connectivity index (χ0) is 14.6. The molecule has 1 amide bonds. The maximum absolute atomic E-state index is 11.5. The highest BCUT2D eigenvalue weighted by molar-refractivity contribution is 7.14. The zero-order valence-corrected chi connectivity index (χ0v) is 13.3. The smallest absolute Gasteiger partial charge is 0.275 e. The van der Waals surface area contributed by atoms with E-state index in [1.807, 2.05) is 13.0 Å². The van der Waals surface area contributed by atoms with Crippen molar-refractivity contribution in [3.63, 3.8) is 0 Å². The van der Waals surface area contributed by atoms with Crippen molar-refractivity contribution in [1.29, 1.82) is 0 Å². The maximum atomic E-state index is 11.5. The Morgan fingerprint density at radius 2 is 2.11 bits per heavy atom. The molecular weight excluding hydrogens is 258 g/mol. The van der Waals surface area contributed by atoms with E-state index in [1.54, 1.807) is 0 Å². The number of nitrogens with two attached hydrogens (primary N) is 1. The number of rotatable bonds is 6. The molecule has 1 aromatic rings. The topological polar surface area (TPSA) is 58.4 Å². The van der Waals surface area contributed by atoms with E-state index < -0.39 is 0 Å². The largest absolute Gasteiger partial charge is 0.299 e. The van der Waals surface area contributed by atoms with Gasteiger partial charge < -0.3 is 0 Å². The minimum absolute atomic E-state index is 0.211. The van der Waals surface area contributed by atoms with E-state index in [0.717, 1.165) is 6.54 Å². The fourth-order valence-corrected chi connectivity index (χ4v) is 3.08. The summed E-state index contributed by atoms with van der Waals surface area (Å²) in [4.78, 5) is 15.7. The second kappa shape index (κ2) is 7.03. The third kappa shape index (κ3) is 4.60. The minimum atomic E-state index is -0.211. The third-order valence-corrected chi connectivity index (χ3v) is 4.45. The number of thiophene rings is 1. The van der Waals surface area contributed by atoms with Gasteiger partial charge in [0.05, 0.1) is 4.88 Å². The normalized spacial score (nSPS) is 13.1. The standard InChI is InChI=1S/C14H25N3OS/c1-9(2)6-10(3)17(5)8-12-7-13(14(18)16-15)19-11(12)4/h7,9-10H,6,8,15H2,1-5H3,(H,16,18). The molecule has 0 fully saturated rings. The fourth-order valence-electron chi connectivity index (χ4n) is 2.15. The van der Waals surface area contributed by atoms with Gasteiger partial charge in [-0.2, -0.15) is 0 Å². The molecule has 0 spiro atoms. The first-order valence-electron chi connectivity index (χ1n) is 6.65. The van der Waals surface area contributed by atoms with Crippen molar-refractivity contribution in [2.75, 3.05) is 7.05 Å². The molecule has 3 N–H and O–H groups in total. The predicted molar refractivity (Wildman–Crippen MR) is 81.1 cm³/mol. The molecule has 4 nitrogen and oxygen atoms in total. The fraction of sp³-hybridized carbons (Fsp3) is 0.643. The lowest BCUT2D eigenvalue weighted by molar-refractivity contribution is 0.0957. The second-order valence-electron chi connectivity index (χ2n) is 5.56. The summed E-state index contributed by atoms with van der Waals surface area (Å²) in [6.07, 6.45) is 1.18. The van der Waals surface area contributed by atoms with Crippen molar-refractivity contribution in [3.05, 3.63) is 21.4 Å². The summed E-state index contributed by atoms with van der Waals surface area (Å²) in [5, 5.41) is 0. The number of aryl methyl sites for hydroxylation is 1. The Morgan fingerprint density at radius 1 is 1.47 bits per heavy atom. The predicted octanol–water partition coefficient (Wildman–Crippen LogP) is 2.53. The van der Waals surface area contributed by atoms with Crippen molar-refractivity contribution in [2.45, 2.75) is 46.7 Å². The Morgan fingerprint density at radius 3 is 2.63 bits per heavy atom. The monoisotopic (exact) mass is 283 g/mol. The molecule has 1 atom stereocenters. The zero-order valence-electron chi connectivity index (χ0n) is 12.5. The molecular formula is C14H25N3OS. The highest BCUT2D eigenvalue weighted by Crippen LogP contribution is 2.23. The Kier molecular flexibility index (Phi) is 5.97. The molecule has 1 heterocycles. The average Bonchev–Trinajstić information content (AvgIpc) is 2.69. The van der Waals surface area contributed by atoms with E-state index in [4.69, 9.17) is 5.84 Å². The average molecular weight is 283 g/mol. The summed E-state index contributed by atoms with van der Waals surface area (Å²) in [5.41, 5.74) is 3.39. The molecule has 0 radical (unpaired) electrons. The first-order valence-corrected chi connectivity index (χ1v) is 7.47. The van der Waals surface area contributed by atoms with Crippen molar-refractivity contribution < 1.29 is 4.79 Å². The van der Waals surface area contributed by atoms with Crippen molar-refractivity contribution >= 4 is 17.2 Å². The van der Waals surface area contributed by atoms with Crippen LogP contribution < -0.4 is 11.3 Å². The van der Waals surface area contributed by atoms with Crippen LogP contribution in [0, 0.1) is 12.8 Å². The Bertz CT molecular complexity index is 428. The lowest BCUT2D eigenvalue weighted by Crippen LogP contribution is -2.30. The lowest BCUT2D eigenvalue weighted by atomic mass is 10.0. The molecule has 1 aromatic heterocycles. The van der Waals surface area contributed by atoms with Crippen LogP contribution in [0.4, 0.5) is 0 Å². The van der Waals surface area contributed by atoms with Gasteiger partial charge in [0.1, 0.15) is 0 Å². The van der Waals surface area contributed by atoms with Gasteiger partial charge in [0.25, 0.3) is 5.91 Å². The van der Waals surface area contributed by atoms with Gasteiger partial charge in [-0.05, 0) is 44.9 Å². The highest BCUT2D eigenvalue weighted by Gasteiger charge is 2.16. The van der Waals surface area contributed by atoms with E-state index >= 15 is 0 Å². The van der Waals surface area contributed by atoms with E-state index in [9.17, 15) is 4.79 Å². The molecule has 1 rings (SSSR count).